The van der Waals surface area contributed by atoms with E-state index < -0.39 is 18.5 Å². The number of thiophene rings is 1. The van der Waals surface area contributed by atoms with Crippen molar-refractivity contribution < 1.29 is 14.3 Å². The van der Waals surface area contributed by atoms with Gasteiger partial charge in [0, 0.05) is 41.0 Å². The van der Waals surface area contributed by atoms with Gasteiger partial charge in [-0.2, -0.15) is 5.26 Å². The zero-order valence-electron chi connectivity index (χ0n) is 19.1. The minimum absolute atomic E-state index is 0.408. The van der Waals surface area contributed by atoms with Crippen molar-refractivity contribution in [2.24, 2.45) is 0 Å². The summed E-state index contributed by atoms with van der Waals surface area (Å²) in [5.41, 5.74) is 4.66. The predicted octanol–water partition coefficient (Wildman–Crippen LogP) is 4.22. The Hall–Kier alpha value is -3.28. The Bertz CT molecular complexity index is 1320. The van der Waals surface area contributed by atoms with Crippen molar-refractivity contribution in [1.29, 1.82) is 5.26 Å². The maximum absolute atomic E-state index is 13.3. The summed E-state index contributed by atoms with van der Waals surface area (Å²) < 4.78 is 5.51. The Morgan fingerprint density at radius 3 is 2.85 bits per heavy atom. The van der Waals surface area contributed by atoms with E-state index in [9.17, 15) is 14.9 Å². The van der Waals surface area contributed by atoms with Gasteiger partial charge < -0.3 is 10.1 Å². The van der Waals surface area contributed by atoms with Crippen molar-refractivity contribution in [1.82, 2.24) is 9.88 Å². The Kier molecular flexibility index (Phi) is 6.31. The molecule has 0 saturated heterocycles. The van der Waals surface area contributed by atoms with Crippen molar-refractivity contribution >= 4 is 39.1 Å². The fourth-order valence-corrected chi connectivity index (χ4v) is 6.14. The first-order valence-electron chi connectivity index (χ1n) is 11.7. The van der Waals surface area contributed by atoms with E-state index in [2.05, 4.69) is 23.2 Å². The highest BCUT2D eigenvalue weighted by molar-refractivity contribution is 7.16. The van der Waals surface area contributed by atoms with E-state index in [-0.39, 0.29) is 0 Å². The van der Waals surface area contributed by atoms with E-state index in [1.807, 2.05) is 24.3 Å². The number of nitrogens with zero attached hydrogens (tertiary/aromatic N) is 3. The first-order chi connectivity index (χ1) is 16.6. The third kappa shape index (κ3) is 4.17. The largest absolute Gasteiger partial charge is 0.452 e. The number of benzene rings is 1. The molecule has 3 aromatic rings. The fourth-order valence-electron chi connectivity index (χ4n) is 4.89. The molecule has 2 aromatic heterocycles. The maximum Gasteiger partial charge on any atom is 0.339 e. The molecule has 1 N–H and O–H groups in total. The summed E-state index contributed by atoms with van der Waals surface area (Å²) in [6, 6.07) is 9.79. The molecule has 2 aliphatic rings. The summed E-state index contributed by atoms with van der Waals surface area (Å²) in [5, 5.41) is 13.7. The third-order valence-corrected chi connectivity index (χ3v) is 7.85. The van der Waals surface area contributed by atoms with Crippen LogP contribution in [0.1, 0.15) is 57.4 Å². The molecule has 3 heterocycles. The second-order valence-corrected chi connectivity index (χ2v) is 9.80. The highest BCUT2D eigenvalue weighted by Crippen LogP contribution is 2.37. The van der Waals surface area contributed by atoms with E-state index in [1.165, 1.54) is 16.2 Å². The van der Waals surface area contributed by atoms with Crippen LogP contribution in [0.25, 0.3) is 10.9 Å². The number of amides is 1. The molecule has 0 radical (unpaired) electrons. The van der Waals surface area contributed by atoms with Crippen LogP contribution in [0.5, 0.6) is 0 Å². The summed E-state index contributed by atoms with van der Waals surface area (Å²) in [4.78, 5) is 34.2. The van der Waals surface area contributed by atoms with Crippen molar-refractivity contribution in [3.05, 3.63) is 57.1 Å². The molecular formula is C26H26N4O3S. The molecule has 0 saturated carbocycles. The predicted molar refractivity (Wildman–Crippen MR) is 131 cm³/mol. The number of esters is 1. The Morgan fingerprint density at radius 1 is 1.21 bits per heavy atom. The van der Waals surface area contributed by atoms with Crippen LogP contribution < -0.4 is 5.32 Å². The van der Waals surface area contributed by atoms with Crippen LogP contribution >= 0.6 is 11.3 Å². The van der Waals surface area contributed by atoms with Crippen LogP contribution in [-0.4, -0.2) is 41.5 Å². The fraction of sp³-hybridized carbons (Fsp3) is 0.385. The average Bonchev–Trinajstić information content (AvgIpc) is 3.22. The van der Waals surface area contributed by atoms with Crippen LogP contribution in [0, 0.1) is 11.3 Å². The van der Waals surface area contributed by atoms with Crippen molar-refractivity contribution in [2.75, 3.05) is 25.0 Å². The number of hydrogen-bond acceptors (Lipinski definition) is 7. The monoisotopic (exact) mass is 474 g/mol. The second kappa shape index (κ2) is 9.53. The molecule has 1 amide bonds. The molecule has 1 aliphatic heterocycles. The first-order valence-corrected chi connectivity index (χ1v) is 12.5. The van der Waals surface area contributed by atoms with Crippen LogP contribution in [0.2, 0.25) is 0 Å². The molecule has 5 rings (SSSR count). The van der Waals surface area contributed by atoms with Gasteiger partial charge in [0.05, 0.1) is 16.6 Å². The van der Waals surface area contributed by atoms with Gasteiger partial charge >= 0.3 is 5.97 Å². The minimum atomic E-state index is -0.520. The number of hydrogen-bond donors (Lipinski definition) is 1. The maximum atomic E-state index is 13.3. The molecule has 0 unspecified atom stereocenters. The SMILES string of the molecule is CCN1CCc2nc3ccccc3c(C(=O)OCC(=O)Nc3sc4c(c3C#N)CCCC4)c2C1. The molecule has 174 valence electrons. The first kappa shape index (κ1) is 22.5. The van der Waals surface area contributed by atoms with E-state index in [1.54, 1.807) is 0 Å². The van der Waals surface area contributed by atoms with Gasteiger partial charge in [-0.3, -0.25) is 14.7 Å². The number of fused-ring (bicyclic) bond motifs is 3. The van der Waals surface area contributed by atoms with Crippen molar-refractivity contribution in [3.8, 4) is 6.07 Å². The summed E-state index contributed by atoms with van der Waals surface area (Å²) in [6.45, 7) is 4.11. The lowest BCUT2D eigenvalue weighted by atomic mass is 9.96. The molecule has 1 aromatic carbocycles. The summed E-state index contributed by atoms with van der Waals surface area (Å²) in [7, 11) is 0. The number of pyridine rings is 1. The summed E-state index contributed by atoms with van der Waals surface area (Å²) in [6.07, 6.45) is 4.74. The molecule has 0 bridgehead atoms. The Balaban J connectivity index is 1.36. The van der Waals surface area contributed by atoms with E-state index in [4.69, 9.17) is 9.72 Å². The van der Waals surface area contributed by atoms with Gasteiger partial charge in [0.2, 0.25) is 0 Å². The van der Waals surface area contributed by atoms with Gasteiger partial charge in [-0.05, 0) is 43.9 Å². The van der Waals surface area contributed by atoms with Gasteiger partial charge in [0.1, 0.15) is 11.1 Å². The quantitative estimate of drug-likeness (QED) is 0.557. The van der Waals surface area contributed by atoms with Crippen LogP contribution in [-0.2, 0) is 35.3 Å². The molecule has 8 heteroatoms. The number of ether oxygens (including phenoxy) is 1. The lowest BCUT2D eigenvalue weighted by molar-refractivity contribution is -0.119. The second-order valence-electron chi connectivity index (χ2n) is 8.70. The molecule has 1 aliphatic carbocycles. The van der Waals surface area contributed by atoms with Crippen LogP contribution in [0.4, 0.5) is 5.00 Å². The number of nitriles is 1. The van der Waals surface area contributed by atoms with E-state index in [0.717, 1.165) is 72.9 Å². The zero-order chi connectivity index (χ0) is 23.7. The van der Waals surface area contributed by atoms with Gasteiger partial charge in [-0.15, -0.1) is 11.3 Å². The Morgan fingerprint density at radius 2 is 2.03 bits per heavy atom. The number of carbonyl (C=O) groups excluding carboxylic acids is 2. The van der Waals surface area contributed by atoms with Crippen LogP contribution in [0.3, 0.4) is 0 Å². The number of para-hydroxylation sites is 1. The number of aromatic nitrogens is 1. The Labute approximate surface area is 202 Å². The van der Waals surface area contributed by atoms with Gasteiger partial charge in [-0.1, -0.05) is 25.1 Å². The topological polar surface area (TPSA) is 95.3 Å². The molecule has 0 fully saturated rings. The number of rotatable bonds is 5. The molecule has 0 spiro atoms. The van der Waals surface area contributed by atoms with Gasteiger partial charge in [-0.25, -0.2) is 4.79 Å². The van der Waals surface area contributed by atoms with Gasteiger partial charge in [0.15, 0.2) is 6.61 Å². The van der Waals surface area contributed by atoms with E-state index >= 15 is 0 Å². The smallest absolute Gasteiger partial charge is 0.339 e. The number of carbonyl (C=O) groups is 2. The standard InChI is InChI=1S/C26H26N4O3S/c1-2-30-12-11-21-19(14-30)24(17-8-3-5-9-20(17)28-21)26(32)33-15-23(31)29-25-18(13-27)16-7-4-6-10-22(16)34-25/h3,5,8-9H,2,4,6-7,10-12,14-15H2,1H3,(H,29,31). The molecular weight excluding hydrogens is 448 g/mol. The molecule has 0 atom stereocenters. The van der Waals surface area contributed by atoms with Crippen LogP contribution in [0.15, 0.2) is 24.3 Å². The van der Waals surface area contributed by atoms with Crippen molar-refractivity contribution in [2.45, 2.75) is 45.6 Å². The third-order valence-electron chi connectivity index (χ3n) is 6.65. The lowest BCUT2D eigenvalue weighted by Crippen LogP contribution is -2.32. The molecule has 7 nitrogen and oxygen atoms in total. The summed E-state index contributed by atoms with van der Waals surface area (Å²) in [5.74, 6) is -0.959. The average molecular weight is 475 g/mol. The normalized spacial score (nSPS) is 15.3. The number of likely N-dealkylation sites (N-methyl/N-ethyl adjacent to an activating group) is 1. The minimum Gasteiger partial charge on any atom is -0.452 e. The van der Waals surface area contributed by atoms with Gasteiger partial charge in [0.25, 0.3) is 5.91 Å². The lowest BCUT2D eigenvalue weighted by Gasteiger charge is -2.28. The number of nitrogens with one attached hydrogen (secondary N) is 1. The summed E-state index contributed by atoms with van der Waals surface area (Å²) >= 11 is 1.46. The highest BCUT2D eigenvalue weighted by atomic mass is 32.1. The van der Waals surface area contributed by atoms with E-state index in [0.29, 0.717) is 22.7 Å². The molecule has 34 heavy (non-hydrogen) atoms. The number of anilines is 1. The highest BCUT2D eigenvalue weighted by Gasteiger charge is 2.27. The van der Waals surface area contributed by atoms with Crippen molar-refractivity contribution in [3.63, 3.8) is 0 Å². The number of aryl methyl sites for hydroxylation is 1. The zero-order valence-corrected chi connectivity index (χ0v) is 20.0.